The van der Waals surface area contributed by atoms with Crippen molar-refractivity contribution in [3.05, 3.63) is 0 Å². The van der Waals surface area contributed by atoms with Gasteiger partial charge in [-0.25, -0.2) is 0 Å². The maximum absolute atomic E-state index is 2.46. The monoisotopic (exact) mass is 180 g/mol. The zero-order valence-electron chi connectivity index (χ0n) is 9.64. The fraction of sp³-hybridized carbons (Fsp3) is 1.00. The Morgan fingerprint density at radius 3 is 1.77 bits per heavy atom. The van der Waals surface area contributed by atoms with Crippen LogP contribution in [0.25, 0.3) is 0 Å². The SMILES string of the molecule is CC1CCC(C2C(C)C2(C)C)CC1. The minimum atomic E-state index is 0.672. The van der Waals surface area contributed by atoms with Crippen LogP contribution in [0.5, 0.6) is 0 Å². The molecule has 0 heteroatoms. The summed E-state index contributed by atoms with van der Waals surface area (Å²) in [6.45, 7) is 9.78. The Morgan fingerprint density at radius 1 is 0.923 bits per heavy atom. The molecule has 0 aliphatic heterocycles. The van der Waals surface area contributed by atoms with E-state index in [-0.39, 0.29) is 0 Å². The van der Waals surface area contributed by atoms with Gasteiger partial charge in [-0.1, -0.05) is 40.5 Å². The van der Waals surface area contributed by atoms with Gasteiger partial charge in [0.1, 0.15) is 0 Å². The highest BCUT2D eigenvalue weighted by atomic mass is 14.6. The fourth-order valence-electron chi connectivity index (χ4n) is 3.60. The molecule has 2 aliphatic carbocycles. The molecule has 2 atom stereocenters. The molecule has 2 unspecified atom stereocenters. The lowest BCUT2D eigenvalue weighted by atomic mass is 9.79. The van der Waals surface area contributed by atoms with Gasteiger partial charge < -0.3 is 0 Å². The van der Waals surface area contributed by atoms with Crippen molar-refractivity contribution in [2.24, 2.45) is 29.1 Å². The summed E-state index contributed by atoms with van der Waals surface area (Å²) in [5.41, 5.74) is 0.672. The van der Waals surface area contributed by atoms with E-state index in [9.17, 15) is 0 Å². The van der Waals surface area contributed by atoms with Gasteiger partial charge in [0.05, 0.1) is 0 Å². The van der Waals surface area contributed by atoms with Crippen LogP contribution >= 0.6 is 0 Å². The van der Waals surface area contributed by atoms with Crippen LogP contribution in [-0.2, 0) is 0 Å². The van der Waals surface area contributed by atoms with E-state index in [0.717, 1.165) is 23.7 Å². The van der Waals surface area contributed by atoms with Crippen molar-refractivity contribution in [1.82, 2.24) is 0 Å². The van der Waals surface area contributed by atoms with E-state index in [0.29, 0.717) is 5.41 Å². The maximum atomic E-state index is 2.46. The van der Waals surface area contributed by atoms with Crippen molar-refractivity contribution in [3.63, 3.8) is 0 Å². The van der Waals surface area contributed by atoms with Crippen molar-refractivity contribution in [1.29, 1.82) is 0 Å². The van der Waals surface area contributed by atoms with Gasteiger partial charge >= 0.3 is 0 Å². The van der Waals surface area contributed by atoms with Crippen LogP contribution in [0.15, 0.2) is 0 Å². The van der Waals surface area contributed by atoms with Crippen molar-refractivity contribution >= 4 is 0 Å². The number of rotatable bonds is 1. The summed E-state index contributed by atoms with van der Waals surface area (Å²) in [6, 6.07) is 0. The molecule has 0 nitrogen and oxygen atoms in total. The van der Waals surface area contributed by atoms with E-state index >= 15 is 0 Å². The lowest BCUT2D eigenvalue weighted by Gasteiger charge is -2.27. The van der Waals surface area contributed by atoms with Crippen LogP contribution in [0, 0.1) is 29.1 Å². The van der Waals surface area contributed by atoms with E-state index in [1.165, 1.54) is 25.7 Å². The highest BCUT2D eigenvalue weighted by Gasteiger charge is 2.57. The normalized spacial score (nSPS) is 48.9. The molecular weight excluding hydrogens is 156 g/mol. The highest BCUT2D eigenvalue weighted by Crippen LogP contribution is 2.63. The summed E-state index contributed by atoms with van der Waals surface area (Å²) in [5.74, 6) is 4.13. The van der Waals surface area contributed by atoms with Gasteiger partial charge in [-0.2, -0.15) is 0 Å². The molecule has 0 spiro atoms. The Hall–Kier alpha value is 0. The first-order chi connectivity index (χ1) is 6.03. The van der Waals surface area contributed by atoms with Crippen molar-refractivity contribution in [2.45, 2.75) is 53.4 Å². The molecule has 76 valence electrons. The minimum absolute atomic E-state index is 0.672. The van der Waals surface area contributed by atoms with Gasteiger partial charge in [0, 0.05) is 0 Å². The molecule has 0 aromatic rings. The Morgan fingerprint density at radius 2 is 1.38 bits per heavy atom. The first-order valence-electron chi connectivity index (χ1n) is 6.03. The van der Waals surface area contributed by atoms with E-state index in [2.05, 4.69) is 27.7 Å². The summed E-state index contributed by atoms with van der Waals surface area (Å²) >= 11 is 0. The summed E-state index contributed by atoms with van der Waals surface area (Å²) in [5, 5.41) is 0. The molecule has 0 saturated heterocycles. The maximum Gasteiger partial charge on any atom is -0.0292 e. The molecule has 0 amide bonds. The Labute approximate surface area is 83.1 Å². The molecule has 0 heterocycles. The van der Waals surface area contributed by atoms with Crippen molar-refractivity contribution < 1.29 is 0 Å². The smallest absolute Gasteiger partial charge is 0.0292 e. The molecule has 2 saturated carbocycles. The van der Waals surface area contributed by atoms with Gasteiger partial charge in [0.2, 0.25) is 0 Å². The Bertz CT molecular complexity index is 184. The van der Waals surface area contributed by atoms with E-state index in [1.807, 2.05) is 0 Å². The third-order valence-electron chi connectivity index (χ3n) is 5.03. The fourth-order valence-corrected chi connectivity index (χ4v) is 3.60. The molecular formula is C13H24. The van der Waals surface area contributed by atoms with Gasteiger partial charge in [-0.05, 0) is 41.9 Å². The van der Waals surface area contributed by atoms with Crippen LogP contribution in [0.3, 0.4) is 0 Å². The van der Waals surface area contributed by atoms with Crippen molar-refractivity contribution in [3.8, 4) is 0 Å². The largest absolute Gasteiger partial charge is 0.0625 e. The second kappa shape index (κ2) is 3.00. The van der Waals surface area contributed by atoms with Gasteiger partial charge in [0.15, 0.2) is 0 Å². The van der Waals surface area contributed by atoms with E-state index in [1.54, 1.807) is 0 Å². The quantitative estimate of drug-likeness (QED) is 0.570. The van der Waals surface area contributed by atoms with E-state index < -0.39 is 0 Å². The highest BCUT2D eigenvalue weighted by molar-refractivity contribution is 5.05. The van der Waals surface area contributed by atoms with Gasteiger partial charge in [0.25, 0.3) is 0 Å². The second-order valence-electron chi connectivity index (χ2n) is 6.16. The third kappa shape index (κ3) is 1.53. The predicted octanol–water partition coefficient (Wildman–Crippen LogP) is 4.10. The van der Waals surface area contributed by atoms with Crippen LogP contribution in [0.2, 0.25) is 0 Å². The first-order valence-corrected chi connectivity index (χ1v) is 6.03. The lowest BCUT2D eigenvalue weighted by Crippen LogP contribution is -2.16. The molecule has 0 aromatic carbocycles. The van der Waals surface area contributed by atoms with Crippen LogP contribution in [0.4, 0.5) is 0 Å². The minimum Gasteiger partial charge on any atom is -0.0625 e. The zero-order valence-corrected chi connectivity index (χ0v) is 9.64. The second-order valence-corrected chi connectivity index (χ2v) is 6.16. The number of hydrogen-bond acceptors (Lipinski definition) is 0. The van der Waals surface area contributed by atoms with Gasteiger partial charge in [-0.15, -0.1) is 0 Å². The number of hydrogen-bond donors (Lipinski definition) is 0. The zero-order chi connectivity index (χ0) is 9.64. The average Bonchev–Trinajstić information content (AvgIpc) is 2.55. The molecule has 13 heavy (non-hydrogen) atoms. The third-order valence-corrected chi connectivity index (χ3v) is 5.03. The molecule has 2 rings (SSSR count). The molecule has 2 aliphatic rings. The Balaban J connectivity index is 1.90. The van der Waals surface area contributed by atoms with Crippen LogP contribution < -0.4 is 0 Å². The van der Waals surface area contributed by atoms with Crippen molar-refractivity contribution in [2.75, 3.05) is 0 Å². The molecule has 2 fully saturated rings. The topological polar surface area (TPSA) is 0 Å². The first kappa shape index (κ1) is 9.55. The van der Waals surface area contributed by atoms with Crippen LogP contribution in [-0.4, -0.2) is 0 Å². The summed E-state index contributed by atoms with van der Waals surface area (Å²) < 4.78 is 0. The Kier molecular flexibility index (Phi) is 2.20. The molecule has 0 aromatic heterocycles. The van der Waals surface area contributed by atoms with Crippen LogP contribution in [0.1, 0.15) is 53.4 Å². The summed E-state index contributed by atoms with van der Waals surface area (Å²) in [4.78, 5) is 0. The summed E-state index contributed by atoms with van der Waals surface area (Å²) in [6.07, 6.45) is 6.01. The molecule has 0 radical (unpaired) electrons. The molecule has 0 N–H and O–H groups in total. The van der Waals surface area contributed by atoms with E-state index in [4.69, 9.17) is 0 Å². The standard InChI is InChI=1S/C13H24/c1-9-5-7-11(8-6-9)12-10(2)13(12,3)4/h9-12H,5-8H2,1-4H3. The summed E-state index contributed by atoms with van der Waals surface area (Å²) in [7, 11) is 0. The average molecular weight is 180 g/mol. The lowest BCUT2D eigenvalue weighted by molar-refractivity contribution is 0.242. The van der Waals surface area contributed by atoms with Gasteiger partial charge in [-0.3, -0.25) is 0 Å². The molecule has 0 bridgehead atoms. The predicted molar refractivity (Wildman–Crippen MR) is 57.6 cm³/mol.